The molecule has 162 valence electrons. The quantitative estimate of drug-likeness (QED) is 0.414. The van der Waals surface area contributed by atoms with E-state index in [1.54, 1.807) is 43.3 Å². The Morgan fingerprint density at radius 1 is 1.06 bits per heavy atom. The van der Waals surface area contributed by atoms with Crippen LogP contribution in [-0.2, 0) is 10.0 Å². The molecule has 3 aromatic rings. The number of nitrogens with one attached hydrogen (secondary N) is 2. The normalized spacial score (nSPS) is 11.8. The van der Waals surface area contributed by atoms with Gasteiger partial charge in [-0.3, -0.25) is 19.6 Å². The van der Waals surface area contributed by atoms with E-state index in [-0.39, 0.29) is 21.8 Å². The predicted octanol–water partition coefficient (Wildman–Crippen LogP) is 3.76. The molecular formula is C22H18N4O5S. The van der Waals surface area contributed by atoms with Gasteiger partial charge in [-0.2, -0.15) is 5.26 Å². The fourth-order valence-corrected chi connectivity index (χ4v) is 4.06. The highest BCUT2D eigenvalue weighted by Crippen LogP contribution is 2.23. The van der Waals surface area contributed by atoms with Gasteiger partial charge in [-0.25, -0.2) is 8.42 Å². The van der Waals surface area contributed by atoms with Crippen LogP contribution >= 0.6 is 0 Å². The lowest BCUT2D eigenvalue weighted by Gasteiger charge is -2.17. The SMILES string of the molecule is CC(NC(=O)c1ccccc1NS(=O)(=O)c1cccc([N+](=O)[O-])c1)c1ccc(C#N)cc1. The second-order valence-corrected chi connectivity index (χ2v) is 8.52. The minimum Gasteiger partial charge on any atom is -0.345 e. The Morgan fingerprint density at radius 3 is 2.41 bits per heavy atom. The number of nitro benzene ring substituents is 1. The number of sulfonamides is 1. The Labute approximate surface area is 184 Å². The smallest absolute Gasteiger partial charge is 0.270 e. The summed E-state index contributed by atoms with van der Waals surface area (Å²) in [5.41, 5.74) is 1.01. The highest BCUT2D eigenvalue weighted by molar-refractivity contribution is 7.92. The number of non-ortho nitro benzene ring substituents is 1. The first kappa shape index (κ1) is 22.5. The highest BCUT2D eigenvalue weighted by atomic mass is 32.2. The van der Waals surface area contributed by atoms with Crippen molar-refractivity contribution in [2.75, 3.05) is 4.72 Å². The summed E-state index contributed by atoms with van der Waals surface area (Å²) in [5.74, 6) is -0.515. The van der Waals surface area contributed by atoms with Gasteiger partial charge >= 0.3 is 0 Å². The fraction of sp³-hybridized carbons (Fsp3) is 0.0909. The van der Waals surface area contributed by atoms with Crippen LogP contribution in [0, 0.1) is 21.4 Å². The van der Waals surface area contributed by atoms with Crippen LogP contribution in [0.15, 0.2) is 77.7 Å². The summed E-state index contributed by atoms with van der Waals surface area (Å²) in [5, 5.41) is 22.7. The van der Waals surface area contributed by atoms with Gasteiger partial charge in [0, 0.05) is 12.1 Å². The van der Waals surface area contributed by atoms with Gasteiger partial charge in [0.05, 0.1) is 38.7 Å². The molecule has 0 fully saturated rings. The number of carbonyl (C=O) groups excluding carboxylic acids is 1. The lowest BCUT2D eigenvalue weighted by Crippen LogP contribution is -2.28. The lowest BCUT2D eigenvalue weighted by molar-refractivity contribution is -0.385. The zero-order valence-corrected chi connectivity index (χ0v) is 17.7. The standard InChI is InChI=1S/C22H18N4O5S/c1-15(17-11-9-16(14-23)10-12-17)24-22(27)20-7-2-3-8-21(20)25-32(30,31)19-6-4-5-18(13-19)26(28)29/h2-13,15,25H,1H3,(H,24,27). The van der Waals surface area contributed by atoms with Crippen molar-refractivity contribution in [1.82, 2.24) is 5.32 Å². The number of amides is 1. The first-order valence-electron chi connectivity index (χ1n) is 9.38. The van der Waals surface area contributed by atoms with Crippen LogP contribution in [0.5, 0.6) is 0 Å². The van der Waals surface area contributed by atoms with Crippen LogP contribution in [-0.4, -0.2) is 19.2 Å². The van der Waals surface area contributed by atoms with Gasteiger partial charge in [0.15, 0.2) is 0 Å². The number of carbonyl (C=O) groups is 1. The van der Waals surface area contributed by atoms with Gasteiger partial charge < -0.3 is 5.32 Å². The summed E-state index contributed by atoms with van der Waals surface area (Å²) in [6.07, 6.45) is 0. The minimum absolute atomic E-state index is 0.0311. The fourth-order valence-electron chi connectivity index (χ4n) is 2.94. The summed E-state index contributed by atoms with van der Waals surface area (Å²) < 4.78 is 27.9. The number of nitriles is 1. The predicted molar refractivity (Wildman–Crippen MR) is 117 cm³/mol. The van der Waals surface area contributed by atoms with Crippen molar-refractivity contribution in [3.05, 3.63) is 99.6 Å². The molecule has 0 aromatic heterocycles. The van der Waals surface area contributed by atoms with E-state index in [0.717, 1.165) is 11.6 Å². The molecule has 0 spiro atoms. The average Bonchev–Trinajstić information content (AvgIpc) is 2.79. The first-order chi connectivity index (χ1) is 15.2. The van der Waals surface area contributed by atoms with Crippen LogP contribution in [0.25, 0.3) is 0 Å². The van der Waals surface area contributed by atoms with Crippen LogP contribution in [0.1, 0.15) is 34.5 Å². The largest absolute Gasteiger partial charge is 0.345 e. The molecular weight excluding hydrogens is 432 g/mol. The summed E-state index contributed by atoms with van der Waals surface area (Å²) in [6, 6.07) is 19.0. The Hall–Kier alpha value is -4.23. The zero-order valence-electron chi connectivity index (χ0n) is 16.8. The third-order valence-electron chi connectivity index (χ3n) is 4.64. The number of benzene rings is 3. The van der Waals surface area contributed by atoms with Gasteiger partial charge in [-0.05, 0) is 42.8 Å². The number of nitro groups is 1. The number of hydrogen-bond donors (Lipinski definition) is 2. The van der Waals surface area contributed by atoms with E-state index in [4.69, 9.17) is 5.26 Å². The van der Waals surface area contributed by atoms with Crippen molar-refractivity contribution in [2.24, 2.45) is 0 Å². The Balaban J connectivity index is 1.83. The average molecular weight is 450 g/mol. The number of anilines is 1. The molecule has 9 nitrogen and oxygen atoms in total. The highest BCUT2D eigenvalue weighted by Gasteiger charge is 2.21. The summed E-state index contributed by atoms with van der Waals surface area (Å²) in [4.78, 5) is 22.8. The topological polar surface area (TPSA) is 142 Å². The van der Waals surface area contributed by atoms with Crippen LogP contribution in [0.2, 0.25) is 0 Å². The van der Waals surface area contributed by atoms with Crippen LogP contribution in [0.4, 0.5) is 11.4 Å². The van der Waals surface area contributed by atoms with Gasteiger partial charge in [-0.1, -0.05) is 30.3 Å². The van der Waals surface area contributed by atoms with E-state index < -0.39 is 26.9 Å². The zero-order chi connectivity index (χ0) is 23.3. The van der Waals surface area contributed by atoms with Crippen molar-refractivity contribution in [2.45, 2.75) is 17.9 Å². The molecule has 3 aromatic carbocycles. The number of para-hydroxylation sites is 1. The third-order valence-corrected chi connectivity index (χ3v) is 6.01. The molecule has 0 radical (unpaired) electrons. The van der Waals surface area contributed by atoms with Crippen molar-refractivity contribution < 1.29 is 18.1 Å². The molecule has 0 saturated heterocycles. The number of rotatable bonds is 7. The Bertz CT molecular complexity index is 1310. The minimum atomic E-state index is -4.18. The molecule has 0 saturated carbocycles. The molecule has 0 aliphatic carbocycles. The second-order valence-electron chi connectivity index (χ2n) is 6.83. The monoisotopic (exact) mass is 450 g/mol. The molecule has 0 bridgehead atoms. The summed E-state index contributed by atoms with van der Waals surface area (Å²) in [6.45, 7) is 1.76. The van der Waals surface area contributed by atoms with Gasteiger partial charge in [-0.15, -0.1) is 0 Å². The van der Waals surface area contributed by atoms with Crippen molar-refractivity contribution >= 4 is 27.3 Å². The van der Waals surface area contributed by atoms with E-state index in [9.17, 15) is 23.3 Å². The van der Waals surface area contributed by atoms with Crippen LogP contribution in [0.3, 0.4) is 0 Å². The molecule has 1 amide bonds. The molecule has 32 heavy (non-hydrogen) atoms. The molecule has 1 atom stereocenters. The first-order valence-corrected chi connectivity index (χ1v) is 10.9. The Morgan fingerprint density at radius 2 is 1.75 bits per heavy atom. The van der Waals surface area contributed by atoms with E-state index in [1.807, 2.05) is 6.07 Å². The van der Waals surface area contributed by atoms with E-state index >= 15 is 0 Å². The number of hydrogen-bond acceptors (Lipinski definition) is 6. The molecule has 0 aliphatic heterocycles. The maximum Gasteiger partial charge on any atom is 0.270 e. The summed E-state index contributed by atoms with van der Waals surface area (Å²) in [7, 11) is -4.18. The molecule has 10 heteroatoms. The Kier molecular flexibility index (Phi) is 6.51. The third kappa shape index (κ3) is 5.08. The van der Waals surface area contributed by atoms with E-state index in [1.165, 1.54) is 30.3 Å². The van der Waals surface area contributed by atoms with E-state index in [2.05, 4.69) is 10.0 Å². The van der Waals surface area contributed by atoms with Crippen LogP contribution < -0.4 is 10.0 Å². The molecule has 0 heterocycles. The summed E-state index contributed by atoms with van der Waals surface area (Å²) >= 11 is 0. The van der Waals surface area contributed by atoms with E-state index in [0.29, 0.717) is 5.56 Å². The molecule has 1 unspecified atom stereocenters. The van der Waals surface area contributed by atoms with Gasteiger partial charge in [0.25, 0.3) is 21.6 Å². The lowest BCUT2D eigenvalue weighted by atomic mass is 10.1. The second kappa shape index (κ2) is 9.28. The molecule has 2 N–H and O–H groups in total. The molecule has 3 rings (SSSR count). The van der Waals surface area contributed by atoms with Crippen molar-refractivity contribution in [3.63, 3.8) is 0 Å². The van der Waals surface area contributed by atoms with Gasteiger partial charge in [0.2, 0.25) is 0 Å². The maximum atomic E-state index is 12.9. The maximum absolute atomic E-state index is 12.9. The van der Waals surface area contributed by atoms with Crippen molar-refractivity contribution in [3.8, 4) is 6.07 Å². The van der Waals surface area contributed by atoms with Crippen molar-refractivity contribution in [1.29, 1.82) is 5.26 Å². The molecule has 0 aliphatic rings. The van der Waals surface area contributed by atoms with Gasteiger partial charge in [0.1, 0.15) is 0 Å². The number of nitrogens with zero attached hydrogens (tertiary/aromatic N) is 2.